The van der Waals surface area contributed by atoms with Gasteiger partial charge in [0.1, 0.15) is 10.5 Å². The van der Waals surface area contributed by atoms with Gasteiger partial charge in [0.25, 0.3) is 0 Å². The van der Waals surface area contributed by atoms with Gasteiger partial charge in [0.15, 0.2) is 0 Å². The summed E-state index contributed by atoms with van der Waals surface area (Å²) in [4.78, 5) is 8.79. The summed E-state index contributed by atoms with van der Waals surface area (Å²) in [5.74, 6) is 0.735. The van der Waals surface area contributed by atoms with Gasteiger partial charge in [0, 0.05) is 29.0 Å². The molecule has 0 N–H and O–H groups in total. The molecule has 0 fully saturated rings. The normalized spacial score (nSPS) is 11.2. The van der Waals surface area contributed by atoms with Crippen molar-refractivity contribution < 1.29 is 0 Å². The highest BCUT2D eigenvalue weighted by atomic mass is 35.5. The Hall–Kier alpha value is -1.23. The lowest BCUT2D eigenvalue weighted by atomic mass is 10.2. The zero-order valence-electron chi connectivity index (χ0n) is 10.7. The second-order valence-corrected chi connectivity index (χ2v) is 6.17. The van der Waals surface area contributed by atoms with Gasteiger partial charge < -0.3 is 4.57 Å². The van der Waals surface area contributed by atoms with Crippen molar-refractivity contribution in [2.75, 3.05) is 0 Å². The van der Waals surface area contributed by atoms with Gasteiger partial charge in [-0.3, -0.25) is 0 Å². The van der Waals surface area contributed by atoms with Crippen LogP contribution in [0.25, 0.3) is 11.0 Å². The Morgan fingerprint density at radius 2 is 2.05 bits per heavy atom. The average Bonchev–Trinajstić information content (AvgIpc) is 2.80. The molecule has 0 unspecified atom stereocenters. The van der Waals surface area contributed by atoms with Crippen LogP contribution in [0.5, 0.6) is 0 Å². The standard InChI is InChI=1S/C14H11Cl2N3S/c1-19-8-18-13-12(19)4-5-17-14(13)20-7-9-2-3-10(15)6-11(9)16/h2-6,8H,7H2,1H3. The number of halogens is 2. The number of hydrogen-bond acceptors (Lipinski definition) is 3. The number of imidazole rings is 1. The van der Waals surface area contributed by atoms with Crippen molar-refractivity contribution >= 4 is 46.0 Å². The van der Waals surface area contributed by atoms with Crippen LogP contribution in [-0.4, -0.2) is 14.5 Å². The molecule has 0 amide bonds. The Bertz CT molecular complexity index is 770. The molecule has 3 aromatic rings. The SMILES string of the molecule is Cn1cnc2c(SCc3ccc(Cl)cc3Cl)nccc21. The van der Waals surface area contributed by atoms with Crippen LogP contribution < -0.4 is 0 Å². The maximum Gasteiger partial charge on any atom is 0.124 e. The van der Waals surface area contributed by atoms with Gasteiger partial charge >= 0.3 is 0 Å². The van der Waals surface area contributed by atoms with Gasteiger partial charge in [-0.25, -0.2) is 9.97 Å². The summed E-state index contributed by atoms with van der Waals surface area (Å²) in [6.07, 6.45) is 3.60. The topological polar surface area (TPSA) is 30.7 Å². The van der Waals surface area contributed by atoms with Crippen LogP contribution in [-0.2, 0) is 12.8 Å². The minimum atomic E-state index is 0.647. The highest BCUT2D eigenvalue weighted by molar-refractivity contribution is 7.98. The van der Waals surface area contributed by atoms with Gasteiger partial charge in [-0.2, -0.15) is 0 Å². The van der Waals surface area contributed by atoms with Crippen molar-refractivity contribution in [1.29, 1.82) is 0 Å². The van der Waals surface area contributed by atoms with Crippen molar-refractivity contribution in [3.05, 3.63) is 52.4 Å². The molecular weight excluding hydrogens is 313 g/mol. The first kappa shape index (κ1) is 13.7. The zero-order valence-corrected chi connectivity index (χ0v) is 13.0. The number of nitrogens with zero attached hydrogens (tertiary/aromatic N) is 3. The van der Waals surface area contributed by atoms with Crippen molar-refractivity contribution in [2.45, 2.75) is 10.8 Å². The van der Waals surface area contributed by atoms with Crippen LogP contribution in [0, 0.1) is 0 Å². The maximum atomic E-state index is 6.18. The molecule has 0 aliphatic carbocycles. The number of rotatable bonds is 3. The molecule has 0 bridgehead atoms. The first-order valence-electron chi connectivity index (χ1n) is 5.98. The molecule has 0 atom stereocenters. The molecule has 0 saturated carbocycles. The first-order chi connectivity index (χ1) is 9.65. The van der Waals surface area contributed by atoms with Crippen LogP contribution in [0.2, 0.25) is 10.0 Å². The molecule has 20 heavy (non-hydrogen) atoms. The third-order valence-electron chi connectivity index (χ3n) is 2.99. The van der Waals surface area contributed by atoms with Crippen molar-refractivity contribution in [1.82, 2.24) is 14.5 Å². The second kappa shape index (κ2) is 5.64. The fraction of sp³-hybridized carbons (Fsp3) is 0.143. The van der Waals surface area contributed by atoms with Crippen LogP contribution in [0.3, 0.4) is 0 Å². The third-order valence-corrected chi connectivity index (χ3v) is 4.60. The Kier molecular flexibility index (Phi) is 3.87. The molecule has 3 rings (SSSR count). The predicted octanol–water partition coefficient (Wildman–Crippen LogP) is 4.57. The molecule has 0 spiro atoms. The summed E-state index contributed by atoms with van der Waals surface area (Å²) in [6.45, 7) is 0. The van der Waals surface area contributed by atoms with E-state index in [-0.39, 0.29) is 0 Å². The summed E-state index contributed by atoms with van der Waals surface area (Å²) in [7, 11) is 1.97. The van der Waals surface area contributed by atoms with E-state index in [1.54, 1.807) is 30.4 Å². The minimum absolute atomic E-state index is 0.647. The quantitative estimate of drug-likeness (QED) is 0.661. The number of hydrogen-bond donors (Lipinski definition) is 0. The Labute approximate surface area is 130 Å². The number of benzene rings is 1. The molecule has 6 heteroatoms. The van der Waals surface area contributed by atoms with E-state index in [9.17, 15) is 0 Å². The molecule has 1 aromatic carbocycles. The number of thioether (sulfide) groups is 1. The van der Waals surface area contributed by atoms with E-state index >= 15 is 0 Å². The lowest BCUT2D eigenvalue weighted by Gasteiger charge is -2.05. The summed E-state index contributed by atoms with van der Waals surface area (Å²) in [6, 6.07) is 7.50. The first-order valence-corrected chi connectivity index (χ1v) is 7.72. The minimum Gasteiger partial charge on any atom is -0.334 e. The maximum absolute atomic E-state index is 6.18. The van der Waals surface area contributed by atoms with Gasteiger partial charge in [-0.1, -0.05) is 41.0 Å². The summed E-state index contributed by atoms with van der Waals surface area (Å²) < 4.78 is 1.98. The summed E-state index contributed by atoms with van der Waals surface area (Å²) in [5, 5.41) is 2.24. The molecule has 0 aliphatic rings. The van der Waals surface area contributed by atoms with Gasteiger partial charge in [-0.15, -0.1) is 0 Å². The third kappa shape index (κ3) is 2.64. The van der Waals surface area contributed by atoms with Crippen molar-refractivity contribution in [2.24, 2.45) is 7.05 Å². The van der Waals surface area contributed by atoms with Crippen LogP contribution in [0.15, 0.2) is 41.8 Å². The molecular formula is C14H11Cl2N3S. The largest absolute Gasteiger partial charge is 0.334 e. The molecule has 0 radical (unpaired) electrons. The van der Waals surface area contributed by atoms with E-state index in [0.29, 0.717) is 10.0 Å². The fourth-order valence-corrected chi connectivity index (χ4v) is 3.46. The van der Waals surface area contributed by atoms with Gasteiger partial charge in [-0.05, 0) is 23.8 Å². The Morgan fingerprint density at radius 1 is 1.20 bits per heavy atom. The van der Waals surface area contributed by atoms with Crippen LogP contribution >= 0.6 is 35.0 Å². The predicted molar refractivity (Wildman–Crippen MR) is 84.5 cm³/mol. The highest BCUT2D eigenvalue weighted by Gasteiger charge is 2.09. The molecule has 2 heterocycles. The van der Waals surface area contributed by atoms with Crippen LogP contribution in [0.4, 0.5) is 0 Å². The van der Waals surface area contributed by atoms with Gasteiger partial charge in [0.05, 0.1) is 11.8 Å². The van der Waals surface area contributed by atoms with Gasteiger partial charge in [0.2, 0.25) is 0 Å². The van der Waals surface area contributed by atoms with E-state index in [2.05, 4.69) is 9.97 Å². The summed E-state index contributed by atoms with van der Waals surface area (Å²) in [5.41, 5.74) is 3.03. The molecule has 3 nitrogen and oxygen atoms in total. The lowest BCUT2D eigenvalue weighted by molar-refractivity contribution is 0.947. The smallest absolute Gasteiger partial charge is 0.124 e. The number of aromatic nitrogens is 3. The average molecular weight is 324 g/mol. The lowest BCUT2D eigenvalue weighted by Crippen LogP contribution is -1.88. The Morgan fingerprint density at radius 3 is 2.85 bits per heavy atom. The number of fused-ring (bicyclic) bond motifs is 1. The van der Waals surface area contributed by atoms with E-state index in [1.807, 2.05) is 29.8 Å². The molecule has 0 saturated heterocycles. The number of aryl methyl sites for hydroxylation is 1. The van der Waals surface area contributed by atoms with E-state index < -0.39 is 0 Å². The zero-order chi connectivity index (χ0) is 14.1. The summed E-state index contributed by atoms with van der Waals surface area (Å²) >= 11 is 13.7. The van der Waals surface area contributed by atoms with E-state index in [0.717, 1.165) is 27.4 Å². The van der Waals surface area contributed by atoms with Crippen molar-refractivity contribution in [3.8, 4) is 0 Å². The van der Waals surface area contributed by atoms with E-state index in [1.165, 1.54) is 0 Å². The second-order valence-electron chi connectivity index (χ2n) is 4.36. The fourth-order valence-electron chi connectivity index (χ4n) is 1.93. The molecule has 102 valence electrons. The Balaban J connectivity index is 1.87. The molecule has 2 aromatic heterocycles. The van der Waals surface area contributed by atoms with Crippen LogP contribution in [0.1, 0.15) is 5.56 Å². The monoisotopic (exact) mass is 323 g/mol. The van der Waals surface area contributed by atoms with Crippen molar-refractivity contribution in [3.63, 3.8) is 0 Å². The highest BCUT2D eigenvalue weighted by Crippen LogP contribution is 2.30. The van der Waals surface area contributed by atoms with E-state index in [4.69, 9.17) is 23.2 Å². The molecule has 0 aliphatic heterocycles. The number of pyridine rings is 1.